The van der Waals surface area contributed by atoms with Gasteiger partial charge in [-0.15, -0.1) is 0 Å². The van der Waals surface area contributed by atoms with Gasteiger partial charge in [-0.25, -0.2) is 0 Å². The molecule has 0 aliphatic carbocycles. The molecule has 1 atom stereocenters. The molecule has 3 heteroatoms. The van der Waals surface area contributed by atoms with Crippen molar-refractivity contribution >= 4 is 5.78 Å². The van der Waals surface area contributed by atoms with Gasteiger partial charge in [-0.2, -0.15) is 0 Å². The Labute approximate surface area is 124 Å². The second-order valence-electron chi connectivity index (χ2n) is 5.86. The number of rotatable bonds is 15. The fourth-order valence-electron chi connectivity index (χ4n) is 2.44. The molecule has 0 aromatic carbocycles. The molecule has 0 aromatic rings. The topological polar surface area (TPSA) is 57.5 Å². The Kier molecular flexibility index (Phi) is 14.7. The number of carbonyl (C=O) groups is 1. The summed E-state index contributed by atoms with van der Waals surface area (Å²) in [5.74, 6) is -0.0619. The molecule has 120 valence electrons. The van der Waals surface area contributed by atoms with Crippen molar-refractivity contribution in [2.75, 3.05) is 6.61 Å². The number of aliphatic hydroxyl groups is 2. The number of unbranched alkanes of at least 4 members (excludes halogenated alkanes) is 8. The zero-order valence-electron chi connectivity index (χ0n) is 13.3. The number of hydrogen-bond donors (Lipinski definition) is 2. The van der Waals surface area contributed by atoms with E-state index >= 15 is 0 Å². The zero-order valence-corrected chi connectivity index (χ0v) is 13.3. The van der Waals surface area contributed by atoms with Crippen LogP contribution in [0.5, 0.6) is 0 Å². The Bertz CT molecular complexity index is 216. The largest absolute Gasteiger partial charge is 0.393 e. The fourth-order valence-corrected chi connectivity index (χ4v) is 2.44. The van der Waals surface area contributed by atoms with Crippen molar-refractivity contribution in [1.29, 1.82) is 0 Å². The van der Waals surface area contributed by atoms with Crippen molar-refractivity contribution in [3.8, 4) is 0 Å². The van der Waals surface area contributed by atoms with Crippen LogP contribution in [-0.2, 0) is 4.79 Å². The molecule has 0 saturated carbocycles. The molecule has 0 spiro atoms. The average Bonchev–Trinajstić information content (AvgIpc) is 2.46. The van der Waals surface area contributed by atoms with Crippen molar-refractivity contribution < 1.29 is 15.0 Å². The standard InChI is InChI=1S/C17H34O3/c1-2-3-4-5-6-9-12-16(19)13-10-7-8-11-14-17(20)15-18/h16,18-19H,2-15H2,1H3. The zero-order chi connectivity index (χ0) is 15.1. The Balaban J connectivity index is 3.20. The second-order valence-corrected chi connectivity index (χ2v) is 5.86. The first-order valence-electron chi connectivity index (χ1n) is 8.51. The first-order valence-corrected chi connectivity index (χ1v) is 8.51. The predicted octanol–water partition coefficient (Wildman–Crippen LogP) is 4.00. The van der Waals surface area contributed by atoms with Crippen LogP contribution >= 0.6 is 0 Å². The van der Waals surface area contributed by atoms with Gasteiger partial charge in [0, 0.05) is 6.42 Å². The van der Waals surface area contributed by atoms with Gasteiger partial charge in [-0.1, -0.05) is 64.7 Å². The Morgan fingerprint density at radius 3 is 1.90 bits per heavy atom. The third kappa shape index (κ3) is 14.0. The molecule has 20 heavy (non-hydrogen) atoms. The highest BCUT2D eigenvalue weighted by Gasteiger charge is 2.04. The SMILES string of the molecule is CCCCCCCCC(O)CCCCCCC(=O)CO. The molecule has 0 rings (SSSR count). The molecule has 2 N–H and O–H groups in total. The molecule has 0 aromatic heterocycles. The summed E-state index contributed by atoms with van der Waals surface area (Å²) >= 11 is 0. The average molecular weight is 286 g/mol. The molecule has 0 aliphatic heterocycles. The lowest BCUT2D eigenvalue weighted by Crippen LogP contribution is -2.06. The van der Waals surface area contributed by atoms with Gasteiger partial charge in [-0.3, -0.25) is 4.79 Å². The van der Waals surface area contributed by atoms with E-state index in [2.05, 4.69) is 6.92 Å². The molecule has 0 heterocycles. The van der Waals surface area contributed by atoms with Gasteiger partial charge in [-0.05, 0) is 19.3 Å². The minimum atomic E-state index is -0.322. The minimum absolute atomic E-state index is 0.0619. The van der Waals surface area contributed by atoms with Gasteiger partial charge < -0.3 is 10.2 Å². The lowest BCUT2D eigenvalue weighted by Gasteiger charge is -2.10. The highest BCUT2D eigenvalue weighted by atomic mass is 16.3. The van der Waals surface area contributed by atoms with E-state index in [4.69, 9.17) is 5.11 Å². The van der Waals surface area contributed by atoms with Crippen LogP contribution in [0.15, 0.2) is 0 Å². The Morgan fingerprint density at radius 2 is 1.35 bits per heavy atom. The molecule has 0 bridgehead atoms. The summed E-state index contributed by atoms with van der Waals surface area (Å²) in [4.78, 5) is 10.9. The Morgan fingerprint density at radius 1 is 0.850 bits per heavy atom. The van der Waals surface area contributed by atoms with E-state index in [9.17, 15) is 9.90 Å². The maximum Gasteiger partial charge on any atom is 0.158 e. The number of carbonyl (C=O) groups excluding carboxylic acids is 1. The number of Topliss-reactive ketones (excluding diaryl/α,β-unsaturated/α-hetero) is 1. The Hall–Kier alpha value is -0.410. The van der Waals surface area contributed by atoms with Crippen molar-refractivity contribution in [2.45, 2.75) is 96.5 Å². The summed E-state index contributed by atoms with van der Waals surface area (Å²) in [6.07, 6.45) is 13.9. The molecule has 0 saturated heterocycles. The maximum atomic E-state index is 10.9. The van der Waals surface area contributed by atoms with Crippen LogP contribution in [0.25, 0.3) is 0 Å². The summed E-state index contributed by atoms with van der Waals surface area (Å²) in [6, 6.07) is 0. The highest BCUT2D eigenvalue weighted by molar-refractivity contribution is 5.79. The van der Waals surface area contributed by atoms with Gasteiger partial charge in [0.1, 0.15) is 6.61 Å². The van der Waals surface area contributed by atoms with E-state index in [-0.39, 0.29) is 18.5 Å². The first kappa shape index (κ1) is 19.6. The molecule has 0 fully saturated rings. The summed E-state index contributed by atoms with van der Waals surface area (Å²) < 4.78 is 0. The summed E-state index contributed by atoms with van der Waals surface area (Å²) in [5, 5.41) is 18.4. The van der Waals surface area contributed by atoms with Gasteiger partial charge in [0.2, 0.25) is 0 Å². The highest BCUT2D eigenvalue weighted by Crippen LogP contribution is 2.13. The number of aliphatic hydroxyl groups excluding tert-OH is 2. The van der Waals surface area contributed by atoms with Crippen LogP contribution in [-0.4, -0.2) is 28.7 Å². The van der Waals surface area contributed by atoms with E-state index in [1.807, 2.05) is 0 Å². The second kappa shape index (κ2) is 15.0. The van der Waals surface area contributed by atoms with Crippen molar-refractivity contribution in [3.05, 3.63) is 0 Å². The van der Waals surface area contributed by atoms with Crippen LogP contribution in [0.4, 0.5) is 0 Å². The normalized spacial score (nSPS) is 12.6. The lowest BCUT2D eigenvalue weighted by molar-refractivity contribution is -0.121. The molecular weight excluding hydrogens is 252 g/mol. The van der Waals surface area contributed by atoms with E-state index in [1.165, 1.54) is 32.1 Å². The van der Waals surface area contributed by atoms with E-state index in [0.29, 0.717) is 6.42 Å². The summed E-state index contributed by atoms with van der Waals surface area (Å²) in [6.45, 7) is 1.90. The van der Waals surface area contributed by atoms with E-state index < -0.39 is 0 Å². The quantitative estimate of drug-likeness (QED) is 0.447. The molecule has 1 unspecified atom stereocenters. The van der Waals surface area contributed by atoms with E-state index in [0.717, 1.165) is 44.9 Å². The third-order valence-electron chi connectivity index (χ3n) is 3.81. The fraction of sp³-hybridized carbons (Fsp3) is 0.941. The van der Waals surface area contributed by atoms with Gasteiger partial charge >= 0.3 is 0 Å². The van der Waals surface area contributed by atoms with Gasteiger partial charge in [0.15, 0.2) is 5.78 Å². The number of hydrogen-bond acceptors (Lipinski definition) is 3. The molecular formula is C17H34O3. The van der Waals surface area contributed by atoms with Crippen LogP contribution < -0.4 is 0 Å². The van der Waals surface area contributed by atoms with Crippen LogP contribution in [0.2, 0.25) is 0 Å². The smallest absolute Gasteiger partial charge is 0.158 e. The van der Waals surface area contributed by atoms with Crippen LogP contribution in [0.3, 0.4) is 0 Å². The first-order chi connectivity index (χ1) is 9.70. The van der Waals surface area contributed by atoms with Crippen LogP contribution in [0, 0.1) is 0 Å². The van der Waals surface area contributed by atoms with Crippen LogP contribution in [0.1, 0.15) is 90.4 Å². The summed E-state index contributed by atoms with van der Waals surface area (Å²) in [5.41, 5.74) is 0. The summed E-state index contributed by atoms with van der Waals surface area (Å²) in [7, 11) is 0. The van der Waals surface area contributed by atoms with Crippen molar-refractivity contribution in [2.24, 2.45) is 0 Å². The monoisotopic (exact) mass is 286 g/mol. The molecule has 0 aliphatic rings. The van der Waals surface area contributed by atoms with Gasteiger partial charge in [0.05, 0.1) is 6.10 Å². The van der Waals surface area contributed by atoms with Gasteiger partial charge in [0.25, 0.3) is 0 Å². The molecule has 0 radical (unpaired) electrons. The maximum absolute atomic E-state index is 10.9. The lowest BCUT2D eigenvalue weighted by atomic mass is 10.0. The molecule has 3 nitrogen and oxygen atoms in total. The third-order valence-corrected chi connectivity index (χ3v) is 3.81. The van der Waals surface area contributed by atoms with E-state index in [1.54, 1.807) is 0 Å². The minimum Gasteiger partial charge on any atom is -0.393 e. The predicted molar refractivity (Wildman–Crippen MR) is 83.8 cm³/mol. The molecule has 0 amide bonds. The number of ketones is 1. The van der Waals surface area contributed by atoms with Crippen molar-refractivity contribution in [1.82, 2.24) is 0 Å². The van der Waals surface area contributed by atoms with Crippen molar-refractivity contribution in [3.63, 3.8) is 0 Å².